The highest BCUT2D eigenvalue weighted by Crippen LogP contribution is 2.44. The molecule has 0 amide bonds. The van der Waals surface area contributed by atoms with Gasteiger partial charge in [-0.2, -0.15) is 0 Å². The lowest BCUT2D eigenvalue weighted by Crippen LogP contribution is -1.89. The van der Waals surface area contributed by atoms with Crippen LogP contribution in [0.3, 0.4) is 0 Å². The topological polar surface area (TPSA) is 9.23 Å². The molecule has 0 spiro atoms. The van der Waals surface area contributed by atoms with E-state index in [9.17, 15) is 0 Å². The molecule has 0 heterocycles. The molecular formula is C11H6Cl4O. The van der Waals surface area contributed by atoms with E-state index in [-0.39, 0.29) is 0 Å². The molecule has 0 unspecified atom stereocenters. The Hall–Kier alpha value is -0.340. The summed E-state index contributed by atoms with van der Waals surface area (Å²) in [6.07, 6.45) is 0. The molecule has 0 aliphatic rings. The Morgan fingerprint density at radius 3 is 1.94 bits per heavy atom. The fraction of sp³-hybridized carbons (Fsp3) is 0.0909. The highest BCUT2D eigenvalue weighted by Gasteiger charge is 2.15. The van der Waals surface area contributed by atoms with Crippen LogP contribution in [-0.2, 0) is 0 Å². The standard InChI is InChI=1S/C11H6Cl4O/c1-16-11-8(15)4-7(14)9-5(12)2-3-6(13)10(9)11/h2-4H,1H3. The first kappa shape index (κ1) is 12.1. The van der Waals surface area contributed by atoms with Crippen LogP contribution in [0.25, 0.3) is 10.8 Å². The number of methoxy groups -OCH3 is 1. The van der Waals surface area contributed by atoms with E-state index in [2.05, 4.69) is 0 Å². The Balaban J connectivity index is 3.04. The first-order valence-corrected chi connectivity index (χ1v) is 5.87. The fourth-order valence-electron chi connectivity index (χ4n) is 1.58. The summed E-state index contributed by atoms with van der Waals surface area (Å²) >= 11 is 24.3. The van der Waals surface area contributed by atoms with Gasteiger partial charge in [0.1, 0.15) is 5.75 Å². The maximum absolute atomic E-state index is 6.10. The van der Waals surface area contributed by atoms with Crippen LogP contribution in [0.4, 0.5) is 0 Å². The van der Waals surface area contributed by atoms with E-state index in [1.807, 2.05) is 0 Å². The largest absolute Gasteiger partial charge is 0.494 e. The average Bonchev–Trinajstić information content (AvgIpc) is 2.23. The lowest BCUT2D eigenvalue weighted by Gasteiger charge is -2.11. The summed E-state index contributed by atoms with van der Waals surface area (Å²) in [6, 6.07) is 4.96. The van der Waals surface area contributed by atoms with Crippen molar-refractivity contribution in [3.05, 3.63) is 38.3 Å². The van der Waals surface area contributed by atoms with Crippen molar-refractivity contribution >= 4 is 57.2 Å². The van der Waals surface area contributed by atoms with Gasteiger partial charge in [-0.1, -0.05) is 46.4 Å². The Kier molecular flexibility index (Phi) is 3.41. The predicted molar refractivity (Wildman–Crippen MR) is 70.5 cm³/mol. The van der Waals surface area contributed by atoms with Crippen molar-refractivity contribution in [1.82, 2.24) is 0 Å². The van der Waals surface area contributed by atoms with E-state index in [0.717, 1.165) is 0 Å². The molecule has 0 fully saturated rings. The van der Waals surface area contributed by atoms with Crippen LogP contribution in [0.15, 0.2) is 18.2 Å². The van der Waals surface area contributed by atoms with Gasteiger partial charge in [0, 0.05) is 10.8 Å². The molecule has 84 valence electrons. The average molecular weight is 296 g/mol. The van der Waals surface area contributed by atoms with E-state index < -0.39 is 0 Å². The van der Waals surface area contributed by atoms with Crippen molar-refractivity contribution in [2.24, 2.45) is 0 Å². The molecule has 2 aromatic carbocycles. The highest BCUT2D eigenvalue weighted by molar-refractivity contribution is 6.47. The minimum Gasteiger partial charge on any atom is -0.494 e. The molecule has 5 heteroatoms. The molecule has 2 aromatic rings. The minimum absolute atomic E-state index is 0.407. The normalized spacial score (nSPS) is 10.8. The second-order valence-corrected chi connectivity index (χ2v) is 4.78. The number of halogens is 4. The smallest absolute Gasteiger partial charge is 0.146 e. The number of benzene rings is 2. The summed E-state index contributed by atoms with van der Waals surface area (Å²) in [5, 5.41) is 3.16. The first-order chi connectivity index (χ1) is 7.56. The number of hydrogen-bond donors (Lipinski definition) is 0. The number of hydrogen-bond acceptors (Lipinski definition) is 1. The highest BCUT2D eigenvalue weighted by atomic mass is 35.5. The molecule has 0 radical (unpaired) electrons. The minimum atomic E-state index is 0.407. The van der Waals surface area contributed by atoms with Gasteiger partial charge in [-0.05, 0) is 18.2 Å². The maximum Gasteiger partial charge on any atom is 0.146 e. The molecule has 16 heavy (non-hydrogen) atoms. The third-order valence-corrected chi connectivity index (χ3v) is 3.45. The molecule has 0 saturated heterocycles. The lowest BCUT2D eigenvalue weighted by molar-refractivity contribution is 0.420. The second kappa shape index (κ2) is 4.50. The van der Waals surface area contributed by atoms with E-state index >= 15 is 0 Å². The Bertz CT molecular complexity index is 566. The van der Waals surface area contributed by atoms with Crippen molar-refractivity contribution in [3.8, 4) is 5.75 Å². The van der Waals surface area contributed by atoms with E-state index in [1.54, 1.807) is 18.2 Å². The second-order valence-electron chi connectivity index (χ2n) is 3.15. The number of rotatable bonds is 1. The van der Waals surface area contributed by atoms with Crippen molar-refractivity contribution in [3.63, 3.8) is 0 Å². The van der Waals surface area contributed by atoms with E-state index in [4.69, 9.17) is 51.1 Å². The van der Waals surface area contributed by atoms with Gasteiger partial charge in [-0.25, -0.2) is 0 Å². The Morgan fingerprint density at radius 1 is 0.812 bits per heavy atom. The van der Waals surface area contributed by atoms with Gasteiger partial charge >= 0.3 is 0 Å². The van der Waals surface area contributed by atoms with Crippen LogP contribution in [0.5, 0.6) is 5.75 Å². The van der Waals surface area contributed by atoms with Gasteiger partial charge in [0.2, 0.25) is 0 Å². The molecule has 0 atom stereocenters. The molecule has 1 nitrogen and oxygen atoms in total. The van der Waals surface area contributed by atoms with Crippen LogP contribution < -0.4 is 4.74 Å². The summed E-state index contributed by atoms with van der Waals surface area (Å²) in [5.74, 6) is 0.480. The third-order valence-electron chi connectivity index (χ3n) is 2.24. The van der Waals surface area contributed by atoms with Crippen molar-refractivity contribution in [1.29, 1.82) is 0 Å². The first-order valence-electron chi connectivity index (χ1n) is 4.36. The zero-order chi connectivity index (χ0) is 11.9. The van der Waals surface area contributed by atoms with E-state index in [1.165, 1.54) is 7.11 Å². The third kappa shape index (κ3) is 1.82. The van der Waals surface area contributed by atoms with Crippen LogP contribution in [0.1, 0.15) is 0 Å². The van der Waals surface area contributed by atoms with Gasteiger partial charge in [-0.15, -0.1) is 0 Å². The molecule has 0 saturated carbocycles. The molecule has 0 aromatic heterocycles. The molecule has 0 aliphatic carbocycles. The monoisotopic (exact) mass is 294 g/mol. The predicted octanol–water partition coefficient (Wildman–Crippen LogP) is 5.46. The van der Waals surface area contributed by atoms with Crippen molar-refractivity contribution < 1.29 is 4.74 Å². The van der Waals surface area contributed by atoms with Crippen LogP contribution in [0.2, 0.25) is 20.1 Å². The Labute approximate surface area is 113 Å². The Morgan fingerprint density at radius 2 is 1.38 bits per heavy atom. The zero-order valence-corrected chi connectivity index (χ0v) is 11.2. The van der Waals surface area contributed by atoms with Crippen molar-refractivity contribution in [2.45, 2.75) is 0 Å². The molecule has 0 bridgehead atoms. The summed E-state index contributed by atoms with van der Waals surface area (Å²) in [7, 11) is 1.52. The van der Waals surface area contributed by atoms with Gasteiger partial charge in [0.25, 0.3) is 0 Å². The van der Waals surface area contributed by atoms with E-state index in [0.29, 0.717) is 36.6 Å². The lowest BCUT2D eigenvalue weighted by atomic mass is 10.1. The summed E-state index contributed by atoms with van der Waals surface area (Å²) in [5.41, 5.74) is 0. The molecule has 0 aliphatic heterocycles. The quantitative estimate of drug-likeness (QED) is 0.678. The molecule has 2 rings (SSSR count). The number of ether oxygens (including phenoxy) is 1. The van der Waals surface area contributed by atoms with Crippen LogP contribution in [-0.4, -0.2) is 7.11 Å². The summed E-state index contributed by atoms with van der Waals surface area (Å²) < 4.78 is 5.22. The van der Waals surface area contributed by atoms with Gasteiger partial charge in [-0.3, -0.25) is 0 Å². The molecule has 0 N–H and O–H groups in total. The van der Waals surface area contributed by atoms with Crippen LogP contribution in [0, 0.1) is 0 Å². The SMILES string of the molecule is COc1c(Cl)cc(Cl)c2c(Cl)ccc(Cl)c12. The fourth-order valence-corrected chi connectivity index (χ4v) is 2.77. The number of fused-ring (bicyclic) bond motifs is 1. The van der Waals surface area contributed by atoms with Crippen LogP contribution >= 0.6 is 46.4 Å². The zero-order valence-electron chi connectivity index (χ0n) is 8.15. The van der Waals surface area contributed by atoms with Gasteiger partial charge < -0.3 is 4.74 Å². The van der Waals surface area contributed by atoms with Gasteiger partial charge in [0.05, 0.1) is 27.2 Å². The van der Waals surface area contributed by atoms with Crippen molar-refractivity contribution in [2.75, 3.05) is 7.11 Å². The molecular weight excluding hydrogens is 290 g/mol. The maximum atomic E-state index is 6.10. The van der Waals surface area contributed by atoms with Gasteiger partial charge in [0.15, 0.2) is 0 Å². The summed E-state index contributed by atoms with van der Waals surface area (Å²) in [6.45, 7) is 0. The summed E-state index contributed by atoms with van der Waals surface area (Å²) in [4.78, 5) is 0.